The Balaban J connectivity index is 0.00000306. The quantitative estimate of drug-likeness (QED) is 0.453. The van der Waals surface area contributed by atoms with E-state index in [1.165, 1.54) is 22.8 Å². The Kier molecular flexibility index (Phi) is 9.84. The molecule has 3 rings (SSSR count). The monoisotopic (exact) mass is 492 g/mol. The first-order chi connectivity index (χ1) is 15.6. The smallest absolute Gasteiger partial charge is 1.00 e. The van der Waals surface area contributed by atoms with E-state index in [0.717, 1.165) is 11.1 Å². The van der Waals surface area contributed by atoms with Gasteiger partial charge in [0.15, 0.2) is 6.61 Å². The van der Waals surface area contributed by atoms with Gasteiger partial charge in [0.05, 0.1) is 0 Å². The van der Waals surface area contributed by atoms with E-state index in [2.05, 4.69) is 25.8 Å². The fourth-order valence-electron chi connectivity index (χ4n) is 3.27. The molecule has 0 radical (unpaired) electrons. The third-order valence-electron chi connectivity index (χ3n) is 5.07. The molecule has 34 heavy (non-hydrogen) atoms. The largest absolute Gasteiger partial charge is 1.00 e. The van der Waals surface area contributed by atoms with Crippen LogP contribution in [-0.2, 0) is 33.3 Å². The van der Waals surface area contributed by atoms with Crippen LogP contribution in [0.5, 0.6) is 5.75 Å². The van der Waals surface area contributed by atoms with Gasteiger partial charge in [0, 0.05) is 25.5 Å². The molecule has 0 aliphatic rings. The van der Waals surface area contributed by atoms with Crippen molar-refractivity contribution in [2.45, 2.75) is 44.2 Å². The summed E-state index contributed by atoms with van der Waals surface area (Å²) in [5, 5.41) is 8.84. The maximum absolute atomic E-state index is 13.4. The van der Waals surface area contributed by atoms with Crippen molar-refractivity contribution in [1.29, 1.82) is 0 Å². The first kappa shape index (κ1) is 28.0. The number of aromatic nitrogens is 1. The van der Waals surface area contributed by atoms with E-state index in [-0.39, 0.29) is 54.4 Å². The average molecular weight is 493 g/mol. The molecule has 0 bridgehead atoms. The minimum absolute atomic E-state index is 0. The SMILES string of the molecule is CC(C)(C)c1ccc(CN(Cc2cccc(OCC(=O)O)c2)S(=O)(=O)c2cccnc2)cc1.[H-].[Na+]. The summed E-state index contributed by atoms with van der Waals surface area (Å²) in [5.41, 5.74) is 2.69. The predicted octanol–water partition coefficient (Wildman–Crippen LogP) is 1.35. The summed E-state index contributed by atoms with van der Waals surface area (Å²) < 4.78 is 33.5. The van der Waals surface area contributed by atoms with Crippen molar-refractivity contribution >= 4 is 16.0 Å². The topological polar surface area (TPSA) is 96.8 Å². The molecule has 1 N–H and O–H groups in total. The molecule has 1 heterocycles. The predicted molar refractivity (Wildman–Crippen MR) is 126 cm³/mol. The summed E-state index contributed by atoms with van der Waals surface area (Å²) in [5.74, 6) is -0.719. The third-order valence-corrected chi connectivity index (χ3v) is 6.85. The van der Waals surface area contributed by atoms with E-state index < -0.39 is 22.6 Å². The van der Waals surface area contributed by atoms with Crippen molar-refractivity contribution < 1.29 is 54.0 Å². The third kappa shape index (κ3) is 7.65. The van der Waals surface area contributed by atoms with Crippen molar-refractivity contribution in [2.75, 3.05) is 6.61 Å². The van der Waals surface area contributed by atoms with Gasteiger partial charge in [-0.05, 0) is 46.4 Å². The van der Waals surface area contributed by atoms with Crippen LogP contribution in [0.1, 0.15) is 38.9 Å². The molecule has 0 amide bonds. The molecule has 176 valence electrons. The zero-order valence-corrected chi connectivity index (χ0v) is 22.7. The van der Waals surface area contributed by atoms with Crippen LogP contribution in [0.4, 0.5) is 0 Å². The fraction of sp³-hybridized carbons (Fsp3) is 0.280. The number of nitrogens with zero attached hydrogens (tertiary/aromatic N) is 2. The van der Waals surface area contributed by atoms with Crippen molar-refractivity contribution in [3.8, 4) is 5.75 Å². The van der Waals surface area contributed by atoms with E-state index in [9.17, 15) is 13.2 Å². The van der Waals surface area contributed by atoms with Gasteiger partial charge in [-0.1, -0.05) is 57.2 Å². The molecule has 0 unspecified atom stereocenters. The number of benzene rings is 2. The van der Waals surface area contributed by atoms with Crippen LogP contribution in [0.15, 0.2) is 78.0 Å². The summed E-state index contributed by atoms with van der Waals surface area (Å²) in [4.78, 5) is 14.9. The van der Waals surface area contributed by atoms with Gasteiger partial charge in [0.2, 0.25) is 10.0 Å². The molecule has 0 saturated carbocycles. The van der Waals surface area contributed by atoms with Gasteiger partial charge >= 0.3 is 35.5 Å². The van der Waals surface area contributed by atoms with E-state index in [0.29, 0.717) is 11.3 Å². The summed E-state index contributed by atoms with van der Waals surface area (Å²) in [6.45, 7) is 6.16. The number of rotatable bonds is 9. The molecular weight excluding hydrogens is 463 g/mol. The molecule has 0 saturated heterocycles. The zero-order chi connectivity index (χ0) is 24.1. The number of aliphatic carboxylic acids is 1. The molecule has 0 aliphatic carbocycles. The van der Waals surface area contributed by atoms with Crippen molar-refractivity contribution in [2.24, 2.45) is 0 Å². The molecule has 2 aromatic carbocycles. The molecule has 0 aliphatic heterocycles. The van der Waals surface area contributed by atoms with Crippen molar-refractivity contribution in [3.05, 3.63) is 89.7 Å². The minimum atomic E-state index is -3.84. The van der Waals surface area contributed by atoms with E-state index in [1.807, 2.05) is 24.3 Å². The number of pyridine rings is 1. The van der Waals surface area contributed by atoms with Crippen LogP contribution in [0.2, 0.25) is 0 Å². The van der Waals surface area contributed by atoms with Crippen molar-refractivity contribution in [3.63, 3.8) is 0 Å². The number of carbonyl (C=O) groups is 1. The van der Waals surface area contributed by atoms with Crippen LogP contribution in [0, 0.1) is 0 Å². The Morgan fingerprint density at radius 2 is 1.71 bits per heavy atom. The maximum atomic E-state index is 13.4. The van der Waals surface area contributed by atoms with Crippen LogP contribution < -0.4 is 34.3 Å². The van der Waals surface area contributed by atoms with Crippen LogP contribution in [0.3, 0.4) is 0 Å². The Morgan fingerprint density at radius 1 is 1.03 bits per heavy atom. The number of ether oxygens (including phenoxy) is 1. The van der Waals surface area contributed by atoms with Gasteiger partial charge in [-0.2, -0.15) is 4.31 Å². The number of sulfonamides is 1. The van der Waals surface area contributed by atoms with Crippen molar-refractivity contribution in [1.82, 2.24) is 9.29 Å². The molecule has 0 spiro atoms. The Hall–Kier alpha value is -2.23. The molecule has 0 atom stereocenters. The summed E-state index contributed by atoms with van der Waals surface area (Å²) in [7, 11) is -3.84. The van der Waals surface area contributed by atoms with Gasteiger partial charge in [-0.15, -0.1) is 0 Å². The van der Waals surface area contributed by atoms with E-state index in [4.69, 9.17) is 9.84 Å². The number of carboxylic acid groups (broad SMARTS) is 1. The van der Waals surface area contributed by atoms with Crippen LogP contribution in [0.25, 0.3) is 0 Å². The van der Waals surface area contributed by atoms with E-state index >= 15 is 0 Å². The van der Waals surface area contributed by atoms with Crippen LogP contribution >= 0.6 is 0 Å². The fourth-order valence-corrected chi connectivity index (χ4v) is 4.65. The minimum Gasteiger partial charge on any atom is -1.00 e. The zero-order valence-electron chi connectivity index (χ0n) is 20.9. The Bertz CT molecular complexity index is 1200. The second-order valence-corrected chi connectivity index (χ2v) is 10.7. The summed E-state index contributed by atoms with van der Waals surface area (Å²) >= 11 is 0. The molecule has 3 aromatic rings. The second-order valence-electron chi connectivity index (χ2n) is 8.74. The molecular formula is C25H29N2NaO5S. The van der Waals surface area contributed by atoms with Gasteiger partial charge in [-0.3, -0.25) is 4.98 Å². The Labute approximate surface area is 224 Å². The number of hydrogen-bond acceptors (Lipinski definition) is 5. The molecule has 9 heteroatoms. The Morgan fingerprint density at radius 3 is 2.29 bits per heavy atom. The first-order valence-corrected chi connectivity index (χ1v) is 11.9. The maximum Gasteiger partial charge on any atom is 1.00 e. The summed E-state index contributed by atoms with van der Waals surface area (Å²) in [6, 6.07) is 17.8. The molecule has 0 fully saturated rings. The standard InChI is InChI=1S/C25H28N2O5S.Na.H/c1-25(2,3)21-11-9-19(10-12-21)16-27(33(30,31)23-8-5-13-26-15-23)17-20-6-4-7-22(14-20)32-18-24(28)29;;/h4-15H,16-18H2,1-3H3,(H,28,29);;/q;+1;-1. The first-order valence-electron chi connectivity index (χ1n) is 10.5. The van der Waals surface area contributed by atoms with E-state index in [1.54, 1.807) is 30.3 Å². The number of hydrogen-bond donors (Lipinski definition) is 1. The van der Waals surface area contributed by atoms with Gasteiger partial charge < -0.3 is 11.3 Å². The molecule has 7 nitrogen and oxygen atoms in total. The van der Waals surface area contributed by atoms with Crippen LogP contribution in [-0.4, -0.2) is 35.4 Å². The van der Waals surface area contributed by atoms with Gasteiger partial charge in [-0.25, -0.2) is 13.2 Å². The number of carboxylic acids is 1. The molecule has 1 aromatic heterocycles. The van der Waals surface area contributed by atoms with Gasteiger partial charge in [0.1, 0.15) is 10.6 Å². The summed E-state index contributed by atoms with van der Waals surface area (Å²) in [6.07, 6.45) is 2.86. The normalized spacial score (nSPS) is 11.6. The average Bonchev–Trinajstić information content (AvgIpc) is 2.78. The van der Waals surface area contributed by atoms with Gasteiger partial charge in [0.25, 0.3) is 0 Å². The second kappa shape index (κ2) is 12.0.